The van der Waals surface area contributed by atoms with Crippen LogP contribution in [0.3, 0.4) is 0 Å². The van der Waals surface area contributed by atoms with E-state index in [9.17, 15) is 0 Å². The Bertz CT molecular complexity index is 700. The van der Waals surface area contributed by atoms with Gasteiger partial charge in [-0.25, -0.2) is 9.67 Å². The lowest BCUT2D eigenvalue weighted by Gasteiger charge is -2.20. The number of aryl methyl sites for hydroxylation is 1. The van der Waals surface area contributed by atoms with Gasteiger partial charge in [0.1, 0.15) is 11.6 Å². The van der Waals surface area contributed by atoms with Gasteiger partial charge in [-0.2, -0.15) is 5.10 Å². The molecule has 0 aliphatic carbocycles. The van der Waals surface area contributed by atoms with E-state index >= 15 is 0 Å². The SMILES string of the molecule is CCCCn1nc(-c2ccc(OCC)cc2)nc1C1CN(C)CCN(C)C1. The fourth-order valence-electron chi connectivity index (χ4n) is 3.62. The topological polar surface area (TPSA) is 46.4 Å². The lowest BCUT2D eigenvalue weighted by atomic mass is 10.1. The Labute approximate surface area is 163 Å². The van der Waals surface area contributed by atoms with Gasteiger partial charge in [-0.3, -0.25) is 0 Å². The predicted octanol–water partition coefficient (Wildman–Crippen LogP) is 3.10. The van der Waals surface area contributed by atoms with Crippen molar-refractivity contribution in [2.45, 2.75) is 39.2 Å². The van der Waals surface area contributed by atoms with Crippen molar-refractivity contribution >= 4 is 0 Å². The van der Waals surface area contributed by atoms with E-state index in [0.29, 0.717) is 12.5 Å². The van der Waals surface area contributed by atoms with Crippen LogP contribution >= 0.6 is 0 Å². The first-order chi connectivity index (χ1) is 13.1. The number of aromatic nitrogens is 3. The quantitative estimate of drug-likeness (QED) is 0.748. The Balaban J connectivity index is 1.90. The zero-order chi connectivity index (χ0) is 19.2. The minimum Gasteiger partial charge on any atom is -0.494 e. The number of ether oxygens (including phenoxy) is 1. The van der Waals surface area contributed by atoms with Crippen LogP contribution in [0, 0.1) is 0 Å². The first-order valence-corrected chi connectivity index (χ1v) is 10.2. The van der Waals surface area contributed by atoms with Crippen LogP contribution in [-0.4, -0.2) is 71.4 Å². The van der Waals surface area contributed by atoms with Crippen molar-refractivity contribution in [1.29, 1.82) is 0 Å². The van der Waals surface area contributed by atoms with Crippen LogP contribution in [0.4, 0.5) is 0 Å². The van der Waals surface area contributed by atoms with Gasteiger partial charge >= 0.3 is 0 Å². The van der Waals surface area contributed by atoms with Gasteiger partial charge in [0.25, 0.3) is 0 Å². The molecule has 6 nitrogen and oxygen atoms in total. The molecule has 1 fully saturated rings. The van der Waals surface area contributed by atoms with Crippen molar-refractivity contribution in [3.05, 3.63) is 30.1 Å². The fraction of sp³-hybridized carbons (Fsp3) is 0.619. The smallest absolute Gasteiger partial charge is 0.181 e. The molecule has 1 aromatic carbocycles. The Hall–Kier alpha value is -1.92. The zero-order valence-electron chi connectivity index (χ0n) is 17.2. The van der Waals surface area contributed by atoms with Gasteiger partial charge in [0.15, 0.2) is 5.82 Å². The molecule has 0 bridgehead atoms. The molecule has 148 valence electrons. The van der Waals surface area contributed by atoms with E-state index in [2.05, 4.69) is 47.6 Å². The van der Waals surface area contributed by atoms with Gasteiger partial charge < -0.3 is 14.5 Å². The van der Waals surface area contributed by atoms with Crippen LogP contribution in [0.5, 0.6) is 5.75 Å². The molecule has 1 aliphatic heterocycles. The van der Waals surface area contributed by atoms with Crippen LogP contribution in [-0.2, 0) is 6.54 Å². The second-order valence-electron chi connectivity index (χ2n) is 7.55. The summed E-state index contributed by atoms with van der Waals surface area (Å²) in [6, 6.07) is 8.11. The van der Waals surface area contributed by atoms with Crippen LogP contribution in [0.1, 0.15) is 38.4 Å². The van der Waals surface area contributed by atoms with E-state index in [-0.39, 0.29) is 0 Å². The average Bonchev–Trinajstić information content (AvgIpc) is 3.01. The summed E-state index contributed by atoms with van der Waals surface area (Å²) in [4.78, 5) is 9.81. The highest BCUT2D eigenvalue weighted by molar-refractivity contribution is 5.56. The first-order valence-electron chi connectivity index (χ1n) is 10.2. The van der Waals surface area contributed by atoms with E-state index < -0.39 is 0 Å². The highest BCUT2D eigenvalue weighted by atomic mass is 16.5. The number of hydrogen-bond acceptors (Lipinski definition) is 5. The van der Waals surface area contributed by atoms with E-state index in [0.717, 1.165) is 68.5 Å². The van der Waals surface area contributed by atoms with Crippen LogP contribution in [0.2, 0.25) is 0 Å². The summed E-state index contributed by atoms with van der Waals surface area (Å²) in [5.41, 5.74) is 1.05. The lowest BCUT2D eigenvalue weighted by molar-refractivity contribution is 0.320. The number of rotatable bonds is 7. The van der Waals surface area contributed by atoms with Crippen molar-refractivity contribution in [2.75, 3.05) is 46.9 Å². The van der Waals surface area contributed by atoms with Crippen molar-refractivity contribution < 1.29 is 4.74 Å². The molecule has 2 heterocycles. The molecule has 6 heteroatoms. The number of unbranched alkanes of at least 4 members (excludes halogenated alkanes) is 1. The molecule has 0 spiro atoms. The third kappa shape index (κ3) is 5.08. The highest BCUT2D eigenvalue weighted by Gasteiger charge is 2.26. The Morgan fingerprint density at radius 1 is 1.04 bits per heavy atom. The monoisotopic (exact) mass is 371 g/mol. The first kappa shape index (κ1) is 19.8. The van der Waals surface area contributed by atoms with E-state index in [1.165, 1.54) is 0 Å². The maximum absolute atomic E-state index is 5.55. The molecule has 0 N–H and O–H groups in total. The Kier molecular flexibility index (Phi) is 6.85. The summed E-state index contributed by atoms with van der Waals surface area (Å²) in [5, 5.41) is 4.88. The zero-order valence-corrected chi connectivity index (χ0v) is 17.2. The Morgan fingerprint density at radius 2 is 1.70 bits per heavy atom. The summed E-state index contributed by atoms with van der Waals surface area (Å²) in [6.45, 7) is 10.1. The van der Waals surface area contributed by atoms with Crippen molar-refractivity contribution in [1.82, 2.24) is 24.6 Å². The second kappa shape index (κ2) is 9.33. The Morgan fingerprint density at radius 3 is 2.30 bits per heavy atom. The molecule has 1 aromatic heterocycles. The molecule has 2 aromatic rings. The van der Waals surface area contributed by atoms with Gasteiger partial charge in [0, 0.05) is 44.2 Å². The summed E-state index contributed by atoms with van der Waals surface area (Å²) < 4.78 is 7.70. The number of nitrogens with zero attached hydrogens (tertiary/aromatic N) is 5. The summed E-state index contributed by atoms with van der Waals surface area (Å²) in [5.74, 6) is 3.20. The number of likely N-dealkylation sites (N-methyl/N-ethyl adjacent to an activating group) is 2. The molecule has 0 amide bonds. The molecule has 1 saturated heterocycles. The molecule has 0 atom stereocenters. The molecule has 1 aliphatic rings. The summed E-state index contributed by atoms with van der Waals surface area (Å²) >= 11 is 0. The van der Waals surface area contributed by atoms with Crippen LogP contribution < -0.4 is 4.74 Å². The number of hydrogen-bond donors (Lipinski definition) is 0. The molecule has 3 rings (SSSR count). The maximum atomic E-state index is 5.55. The van der Waals surface area contributed by atoms with Crippen molar-refractivity contribution in [3.63, 3.8) is 0 Å². The van der Waals surface area contributed by atoms with E-state index in [4.69, 9.17) is 14.8 Å². The number of benzene rings is 1. The van der Waals surface area contributed by atoms with Gasteiger partial charge in [0.2, 0.25) is 0 Å². The molecular weight excluding hydrogens is 338 g/mol. The van der Waals surface area contributed by atoms with Gasteiger partial charge in [-0.1, -0.05) is 13.3 Å². The van der Waals surface area contributed by atoms with E-state index in [1.807, 2.05) is 19.1 Å². The van der Waals surface area contributed by atoms with E-state index in [1.54, 1.807) is 0 Å². The predicted molar refractivity (Wildman–Crippen MR) is 109 cm³/mol. The van der Waals surface area contributed by atoms with Crippen LogP contribution in [0.25, 0.3) is 11.4 Å². The molecule has 27 heavy (non-hydrogen) atoms. The lowest BCUT2D eigenvalue weighted by Crippen LogP contribution is -2.27. The third-order valence-corrected chi connectivity index (χ3v) is 5.14. The minimum atomic E-state index is 0.378. The average molecular weight is 372 g/mol. The fourth-order valence-corrected chi connectivity index (χ4v) is 3.62. The van der Waals surface area contributed by atoms with Crippen molar-refractivity contribution in [2.24, 2.45) is 0 Å². The molecular formula is C21H33N5O. The maximum Gasteiger partial charge on any atom is 0.181 e. The largest absolute Gasteiger partial charge is 0.494 e. The standard InChI is InChI=1S/C21H33N5O/c1-5-7-12-26-21(18-15-24(3)13-14-25(4)16-18)22-20(23-26)17-8-10-19(11-9-17)27-6-2/h8-11,18H,5-7,12-16H2,1-4H3. The highest BCUT2D eigenvalue weighted by Crippen LogP contribution is 2.25. The van der Waals surface area contributed by atoms with Gasteiger partial charge in [-0.15, -0.1) is 0 Å². The third-order valence-electron chi connectivity index (χ3n) is 5.14. The van der Waals surface area contributed by atoms with Crippen LogP contribution in [0.15, 0.2) is 24.3 Å². The molecule has 0 unspecified atom stereocenters. The second-order valence-corrected chi connectivity index (χ2v) is 7.55. The minimum absolute atomic E-state index is 0.378. The van der Waals surface area contributed by atoms with Gasteiger partial charge in [0.05, 0.1) is 6.61 Å². The summed E-state index contributed by atoms with van der Waals surface area (Å²) in [6.07, 6.45) is 2.28. The van der Waals surface area contributed by atoms with Gasteiger partial charge in [-0.05, 0) is 51.7 Å². The summed E-state index contributed by atoms with van der Waals surface area (Å²) in [7, 11) is 4.40. The molecule has 0 radical (unpaired) electrons. The normalized spacial score (nSPS) is 17.2. The molecule has 0 saturated carbocycles. The van der Waals surface area contributed by atoms with Crippen molar-refractivity contribution in [3.8, 4) is 17.1 Å².